The van der Waals surface area contributed by atoms with Crippen molar-refractivity contribution in [3.63, 3.8) is 0 Å². The first-order chi connectivity index (χ1) is 17.7. The molecular formula is C30H41NO6S. The zero-order chi connectivity index (χ0) is 28.3. The Balaban J connectivity index is 1.72. The van der Waals surface area contributed by atoms with Gasteiger partial charge in [-0.1, -0.05) is 72.2 Å². The van der Waals surface area contributed by atoms with E-state index in [-0.39, 0.29) is 33.6 Å². The van der Waals surface area contributed by atoms with Gasteiger partial charge in [0, 0.05) is 0 Å². The van der Waals surface area contributed by atoms with Gasteiger partial charge in [-0.3, -0.25) is 4.72 Å². The van der Waals surface area contributed by atoms with E-state index < -0.39 is 28.6 Å². The van der Waals surface area contributed by atoms with E-state index in [9.17, 15) is 18.0 Å². The molecule has 0 spiro atoms. The van der Waals surface area contributed by atoms with Gasteiger partial charge in [0.25, 0.3) is 10.0 Å². The number of anilines is 1. The van der Waals surface area contributed by atoms with Gasteiger partial charge in [0.2, 0.25) is 0 Å². The first-order valence-corrected chi connectivity index (χ1v) is 14.8. The molecule has 1 aliphatic carbocycles. The molecule has 0 amide bonds. The summed E-state index contributed by atoms with van der Waals surface area (Å²) in [5.41, 5.74) is 1.32. The van der Waals surface area contributed by atoms with Gasteiger partial charge in [-0.25, -0.2) is 18.0 Å². The van der Waals surface area contributed by atoms with E-state index in [4.69, 9.17) is 9.47 Å². The average Bonchev–Trinajstić information content (AvgIpc) is 2.82. The van der Waals surface area contributed by atoms with Crippen molar-refractivity contribution in [3.8, 4) is 0 Å². The molecule has 38 heavy (non-hydrogen) atoms. The van der Waals surface area contributed by atoms with Crippen LogP contribution in [0.2, 0.25) is 0 Å². The minimum atomic E-state index is -4.00. The topological polar surface area (TPSA) is 98.8 Å². The molecule has 3 atom stereocenters. The van der Waals surface area contributed by atoms with Gasteiger partial charge in [-0.2, -0.15) is 0 Å². The highest BCUT2D eigenvalue weighted by Crippen LogP contribution is 2.35. The smallest absolute Gasteiger partial charge is 0.344 e. The minimum Gasteiger partial charge on any atom is -0.460 e. The number of esters is 2. The highest BCUT2D eigenvalue weighted by molar-refractivity contribution is 7.92. The SMILES string of the molecule is Cc1ccc(C(C)(C)C)cc1S(=O)(=O)Nc1ccccc1C(=O)OCC(=O)O[C@H]1C[C@@H](C)CC[C@@H]1C(C)C. The Labute approximate surface area is 227 Å². The molecule has 208 valence electrons. The summed E-state index contributed by atoms with van der Waals surface area (Å²) in [5, 5.41) is 0. The van der Waals surface area contributed by atoms with Gasteiger partial charge in [0.1, 0.15) is 6.10 Å². The Kier molecular flexibility index (Phi) is 9.29. The maximum atomic E-state index is 13.3. The number of aryl methyl sites for hydroxylation is 1. The maximum absolute atomic E-state index is 13.3. The number of benzene rings is 2. The molecule has 1 fully saturated rings. The predicted molar refractivity (Wildman–Crippen MR) is 149 cm³/mol. The van der Waals surface area contributed by atoms with Crippen LogP contribution in [0.3, 0.4) is 0 Å². The third-order valence-corrected chi connectivity index (χ3v) is 8.81. The second kappa shape index (κ2) is 11.9. The molecule has 1 aliphatic rings. The second-order valence-electron chi connectivity index (χ2n) is 11.8. The number of hydrogen-bond acceptors (Lipinski definition) is 6. The third kappa shape index (κ3) is 7.37. The Hall–Kier alpha value is -2.87. The molecule has 0 unspecified atom stereocenters. The molecule has 0 bridgehead atoms. The zero-order valence-corrected chi connectivity index (χ0v) is 24.4. The molecule has 1 N–H and O–H groups in total. The summed E-state index contributed by atoms with van der Waals surface area (Å²) in [6.45, 7) is 13.6. The molecule has 2 aromatic rings. The van der Waals surface area contributed by atoms with Crippen LogP contribution in [0.15, 0.2) is 47.4 Å². The van der Waals surface area contributed by atoms with Crippen LogP contribution in [-0.2, 0) is 29.7 Å². The van der Waals surface area contributed by atoms with E-state index >= 15 is 0 Å². The van der Waals surface area contributed by atoms with Gasteiger partial charge >= 0.3 is 11.9 Å². The number of para-hydroxylation sites is 1. The van der Waals surface area contributed by atoms with E-state index in [1.54, 1.807) is 31.2 Å². The number of nitrogens with one attached hydrogen (secondary N) is 1. The van der Waals surface area contributed by atoms with Crippen LogP contribution >= 0.6 is 0 Å². The molecule has 0 heterocycles. The molecule has 0 radical (unpaired) electrons. The van der Waals surface area contributed by atoms with Crippen LogP contribution in [0.1, 0.15) is 82.3 Å². The minimum absolute atomic E-state index is 0.0137. The summed E-state index contributed by atoms with van der Waals surface area (Å²) in [4.78, 5) is 25.6. The van der Waals surface area contributed by atoms with Crippen molar-refractivity contribution >= 4 is 27.6 Å². The van der Waals surface area contributed by atoms with E-state index in [1.165, 1.54) is 12.1 Å². The lowest BCUT2D eigenvalue weighted by Crippen LogP contribution is -2.36. The molecule has 0 aromatic heterocycles. The second-order valence-corrected chi connectivity index (χ2v) is 13.5. The fourth-order valence-electron chi connectivity index (χ4n) is 4.96. The fourth-order valence-corrected chi connectivity index (χ4v) is 6.31. The summed E-state index contributed by atoms with van der Waals surface area (Å²) in [7, 11) is -4.00. The van der Waals surface area contributed by atoms with Gasteiger partial charge in [0.15, 0.2) is 6.61 Å². The summed E-state index contributed by atoms with van der Waals surface area (Å²) in [6, 6.07) is 11.5. The quantitative estimate of drug-likeness (QED) is 0.395. The molecule has 3 rings (SSSR count). The van der Waals surface area contributed by atoms with E-state index in [2.05, 4.69) is 25.5 Å². The largest absolute Gasteiger partial charge is 0.460 e. The van der Waals surface area contributed by atoms with E-state index in [1.807, 2.05) is 26.8 Å². The first-order valence-electron chi connectivity index (χ1n) is 13.3. The van der Waals surface area contributed by atoms with Gasteiger partial charge in [-0.05, 0) is 72.3 Å². The van der Waals surface area contributed by atoms with Crippen molar-refractivity contribution in [2.75, 3.05) is 11.3 Å². The van der Waals surface area contributed by atoms with Gasteiger partial charge in [-0.15, -0.1) is 0 Å². The van der Waals surface area contributed by atoms with Crippen molar-refractivity contribution < 1.29 is 27.5 Å². The normalized spacial score (nSPS) is 20.2. The fraction of sp³-hybridized carbons (Fsp3) is 0.533. The number of carbonyl (C=O) groups excluding carboxylic acids is 2. The first kappa shape index (κ1) is 29.7. The molecule has 0 saturated heterocycles. The van der Waals surface area contributed by atoms with Crippen LogP contribution < -0.4 is 4.72 Å². The standard InChI is InChI=1S/C30H41NO6S/c1-19(2)23-15-12-20(3)16-26(23)37-28(32)18-36-29(33)24-10-8-9-11-25(24)31-38(34,35)27-17-22(30(5,6)7)14-13-21(27)4/h8-11,13-14,17,19-20,23,26,31H,12,15-16,18H2,1-7H3/t20-,23+,26-/m0/s1. The summed E-state index contributed by atoms with van der Waals surface area (Å²) >= 11 is 0. The predicted octanol–water partition coefficient (Wildman–Crippen LogP) is 6.25. The average molecular weight is 544 g/mol. The van der Waals surface area contributed by atoms with Crippen molar-refractivity contribution in [3.05, 3.63) is 59.2 Å². The lowest BCUT2D eigenvalue weighted by Gasteiger charge is -2.36. The molecule has 2 aromatic carbocycles. The van der Waals surface area contributed by atoms with Crippen molar-refractivity contribution in [1.82, 2.24) is 0 Å². The van der Waals surface area contributed by atoms with Crippen molar-refractivity contribution in [2.24, 2.45) is 17.8 Å². The molecule has 0 aliphatic heterocycles. The molecule has 7 nitrogen and oxygen atoms in total. The van der Waals surface area contributed by atoms with Crippen LogP contribution in [0.4, 0.5) is 5.69 Å². The lowest BCUT2D eigenvalue weighted by atomic mass is 9.75. The van der Waals surface area contributed by atoms with Gasteiger partial charge in [0.05, 0.1) is 16.1 Å². The Morgan fingerprint density at radius 3 is 2.42 bits per heavy atom. The number of sulfonamides is 1. The summed E-state index contributed by atoms with van der Waals surface area (Å²) in [6.07, 6.45) is 2.71. The highest BCUT2D eigenvalue weighted by Gasteiger charge is 2.33. The highest BCUT2D eigenvalue weighted by atomic mass is 32.2. The molecule has 1 saturated carbocycles. The van der Waals surface area contributed by atoms with Crippen LogP contribution in [0, 0.1) is 24.7 Å². The third-order valence-electron chi connectivity index (χ3n) is 7.30. The zero-order valence-electron chi connectivity index (χ0n) is 23.5. The Bertz CT molecular complexity index is 1260. The van der Waals surface area contributed by atoms with Crippen LogP contribution in [0.5, 0.6) is 0 Å². The lowest BCUT2D eigenvalue weighted by molar-refractivity contribution is -0.159. The van der Waals surface area contributed by atoms with Gasteiger partial charge < -0.3 is 9.47 Å². The number of hydrogen-bond donors (Lipinski definition) is 1. The summed E-state index contributed by atoms with van der Waals surface area (Å²) in [5.74, 6) is -0.275. The Morgan fingerprint density at radius 2 is 1.76 bits per heavy atom. The number of rotatable bonds is 8. The van der Waals surface area contributed by atoms with Crippen molar-refractivity contribution in [2.45, 2.75) is 84.1 Å². The molecular weight excluding hydrogens is 502 g/mol. The van der Waals surface area contributed by atoms with Crippen molar-refractivity contribution in [1.29, 1.82) is 0 Å². The summed E-state index contributed by atoms with van der Waals surface area (Å²) < 4.78 is 40.2. The number of ether oxygens (including phenoxy) is 2. The van der Waals surface area contributed by atoms with Crippen LogP contribution in [0.25, 0.3) is 0 Å². The maximum Gasteiger partial charge on any atom is 0.344 e. The number of carbonyl (C=O) groups is 2. The molecule has 8 heteroatoms. The monoisotopic (exact) mass is 543 g/mol. The van der Waals surface area contributed by atoms with Crippen LogP contribution in [-0.4, -0.2) is 33.1 Å². The van der Waals surface area contributed by atoms with E-state index in [0.29, 0.717) is 17.4 Å². The van der Waals surface area contributed by atoms with E-state index in [0.717, 1.165) is 24.8 Å². The Morgan fingerprint density at radius 1 is 1.08 bits per heavy atom.